The molecule has 0 radical (unpaired) electrons. The van der Waals surface area contributed by atoms with Gasteiger partial charge in [0.1, 0.15) is 26.2 Å². The van der Waals surface area contributed by atoms with Crippen molar-refractivity contribution in [1.82, 2.24) is 19.6 Å². The summed E-state index contributed by atoms with van der Waals surface area (Å²) >= 11 is 0. The summed E-state index contributed by atoms with van der Waals surface area (Å²) in [5, 5.41) is 0. The number of likely N-dealkylation sites (tertiary alicyclic amines) is 2. The van der Waals surface area contributed by atoms with E-state index >= 15 is 0 Å². The van der Waals surface area contributed by atoms with E-state index in [2.05, 4.69) is 80.3 Å². The number of hydrogen-bond donors (Lipinski definition) is 0. The van der Waals surface area contributed by atoms with E-state index in [-0.39, 0.29) is 0 Å². The highest BCUT2D eigenvalue weighted by molar-refractivity contribution is 5.78. The molecule has 5 fully saturated rings. The van der Waals surface area contributed by atoms with Crippen molar-refractivity contribution in [3.05, 3.63) is 71.8 Å². The van der Waals surface area contributed by atoms with Gasteiger partial charge in [-0.1, -0.05) is 60.7 Å². The second kappa shape index (κ2) is 12.9. The molecule has 2 unspecified atom stereocenters. The number of quaternary nitrogens is 2. The quantitative estimate of drug-likeness (QED) is 0.478. The third kappa shape index (κ3) is 6.59. The Morgan fingerprint density at radius 2 is 0.886 bits per heavy atom. The minimum Gasteiger partial charge on any atom is -0.330 e. The molecular formula is C36H52N6O2+2. The number of benzene rings is 2. The molecule has 8 heteroatoms. The third-order valence-electron chi connectivity index (χ3n) is 12.0. The summed E-state index contributed by atoms with van der Waals surface area (Å²) in [5.74, 6) is 1.76. The Morgan fingerprint density at radius 3 is 1.25 bits per heavy atom. The molecule has 0 saturated carbocycles. The van der Waals surface area contributed by atoms with Crippen molar-refractivity contribution >= 4 is 11.8 Å². The summed E-state index contributed by atoms with van der Waals surface area (Å²) in [4.78, 5) is 35.5. The van der Waals surface area contributed by atoms with Crippen molar-refractivity contribution in [1.29, 1.82) is 0 Å². The molecular weight excluding hydrogens is 548 g/mol. The number of rotatable bonds is 6. The van der Waals surface area contributed by atoms with Crippen molar-refractivity contribution in [3.63, 3.8) is 0 Å². The van der Waals surface area contributed by atoms with Gasteiger partial charge >= 0.3 is 0 Å². The van der Waals surface area contributed by atoms with Gasteiger partial charge in [-0.15, -0.1) is 0 Å². The highest BCUT2D eigenvalue weighted by Gasteiger charge is 2.46. The average Bonchev–Trinajstić information content (AvgIpc) is 3.74. The van der Waals surface area contributed by atoms with E-state index in [9.17, 15) is 9.59 Å². The first-order valence-corrected chi connectivity index (χ1v) is 17.3. The van der Waals surface area contributed by atoms with E-state index < -0.39 is 0 Å². The molecule has 5 aliphatic rings. The largest absolute Gasteiger partial charge is 0.330 e. The van der Waals surface area contributed by atoms with Gasteiger partial charge in [-0.05, 0) is 48.9 Å². The Bertz CT molecular complexity index is 1160. The molecule has 2 aromatic rings. The predicted octanol–water partition coefficient (Wildman–Crippen LogP) is 2.30. The van der Waals surface area contributed by atoms with Crippen LogP contribution < -0.4 is 0 Å². The lowest BCUT2D eigenvalue weighted by atomic mass is 9.99. The van der Waals surface area contributed by atoms with E-state index in [1.807, 2.05) is 0 Å². The Balaban J connectivity index is 0.819. The number of amides is 2. The molecule has 2 amide bonds. The van der Waals surface area contributed by atoms with Crippen LogP contribution in [-0.4, -0.2) is 158 Å². The molecule has 7 rings (SSSR count). The molecule has 0 bridgehead atoms. The van der Waals surface area contributed by atoms with Gasteiger partial charge in [0.05, 0.1) is 65.4 Å². The molecule has 236 valence electrons. The monoisotopic (exact) mass is 600 g/mol. The lowest BCUT2D eigenvalue weighted by Gasteiger charge is -2.54. The van der Waals surface area contributed by atoms with Gasteiger partial charge in [-0.2, -0.15) is 0 Å². The summed E-state index contributed by atoms with van der Waals surface area (Å²) in [5.41, 5.74) is 2.81. The summed E-state index contributed by atoms with van der Waals surface area (Å²) in [6.07, 6.45) is 2.30. The fourth-order valence-corrected chi connectivity index (χ4v) is 8.77. The normalized spacial score (nSPS) is 27.3. The maximum Gasteiger partial charge on any atom is 0.237 e. The van der Waals surface area contributed by atoms with Crippen LogP contribution in [0.1, 0.15) is 35.8 Å². The molecule has 8 nitrogen and oxygen atoms in total. The lowest BCUT2D eigenvalue weighted by molar-refractivity contribution is -1.03. The van der Waals surface area contributed by atoms with Gasteiger partial charge in [0, 0.05) is 13.1 Å². The molecule has 0 N–H and O–H groups in total. The zero-order chi connectivity index (χ0) is 30.0. The first-order chi connectivity index (χ1) is 21.5. The molecule has 2 atom stereocenters. The maximum absolute atomic E-state index is 13.2. The van der Waals surface area contributed by atoms with Crippen LogP contribution in [0.5, 0.6) is 0 Å². The van der Waals surface area contributed by atoms with Gasteiger partial charge in [0.25, 0.3) is 0 Å². The van der Waals surface area contributed by atoms with Crippen molar-refractivity contribution in [3.8, 4) is 0 Å². The van der Waals surface area contributed by atoms with Crippen molar-refractivity contribution in [2.75, 3.05) is 118 Å². The van der Waals surface area contributed by atoms with Crippen LogP contribution in [0.25, 0.3) is 0 Å². The molecule has 5 heterocycles. The fraction of sp³-hybridized carbons (Fsp3) is 0.611. The number of hydrogen-bond acceptors (Lipinski definition) is 4. The van der Waals surface area contributed by atoms with E-state index in [0.29, 0.717) is 36.7 Å². The van der Waals surface area contributed by atoms with E-state index in [1.54, 1.807) is 0 Å². The first kappa shape index (κ1) is 29.9. The summed E-state index contributed by atoms with van der Waals surface area (Å²) < 4.78 is 2.37. The SMILES string of the molecule is O=C(CN1CCC(c2ccccc2)C1)N1CC[N+]2(CC1)CC[N+]1(CCN(C(=O)CN3CCC(c4ccccc4)C3)CC1)CC2. The first-order valence-electron chi connectivity index (χ1n) is 17.3. The second-order valence-corrected chi connectivity index (χ2v) is 14.5. The van der Waals surface area contributed by atoms with Crippen molar-refractivity contribution in [2.45, 2.75) is 24.7 Å². The Labute approximate surface area is 264 Å². The zero-order valence-corrected chi connectivity index (χ0v) is 26.6. The van der Waals surface area contributed by atoms with Crippen LogP contribution in [0.15, 0.2) is 60.7 Å². The molecule has 0 aromatic heterocycles. The predicted molar refractivity (Wildman–Crippen MR) is 173 cm³/mol. The Kier molecular flexibility index (Phi) is 8.78. The Hall–Kier alpha value is -2.78. The zero-order valence-electron chi connectivity index (χ0n) is 26.6. The van der Waals surface area contributed by atoms with Crippen LogP contribution in [0.3, 0.4) is 0 Å². The average molecular weight is 601 g/mol. The molecule has 2 spiro atoms. The van der Waals surface area contributed by atoms with Crippen LogP contribution in [0.2, 0.25) is 0 Å². The smallest absolute Gasteiger partial charge is 0.237 e. The molecule has 2 aromatic carbocycles. The lowest BCUT2D eigenvalue weighted by Crippen LogP contribution is -2.73. The molecule has 44 heavy (non-hydrogen) atoms. The van der Waals surface area contributed by atoms with Gasteiger partial charge in [0.15, 0.2) is 0 Å². The van der Waals surface area contributed by atoms with Gasteiger partial charge < -0.3 is 18.8 Å². The summed E-state index contributed by atoms with van der Waals surface area (Å²) in [7, 11) is 0. The minimum absolute atomic E-state index is 0.322. The summed E-state index contributed by atoms with van der Waals surface area (Å²) in [6, 6.07) is 21.6. The Morgan fingerprint density at radius 1 is 0.523 bits per heavy atom. The van der Waals surface area contributed by atoms with E-state index in [0.717, 1.165) is 91.4 Å². The van der Waals surface area contributed by atoms with Crippen LogP contribution in [-0.2, 0) is 9.59 Å². The van der Waals surface area contributed by atoms with Gasteiger partial charge in [-0.25, -0.2) is 0 Å². The van der Waals surface area contributed by atoms with Gasteiger partial charge in [-0.3, -0.25) is 19.4 Å². The van der Waals surface area contributed by atoms with Gasteiger partial charge in [0.2, 0.25) is 11.8 Å². The van der Waals surface area contributed by atoms with Crippen LogP contribution in [0.4, 0.5) is 0 Å². The molecule has 5 aliphatic heterocycles. The van der Waals surface area contributed by atoms with Crippen LogP contribution in [0, 0.1) is 0 Å². The standard InChI is InChI=1S/C36H52N6O2/c43-35(29-37-13-11-33(27-37)31-7-3-1-4-8-31)39-15-19-41(20-16-39)23-25-42(26-24-41)21-17-40(18-22-42)36(44)30-38-14-12-34(28-38)32-9-5-2-6-10-32/h1-10,33-34H,11-30H2/q+2. The third-order valence-corrected chi connectivity index (χ3v) is 12.0. The highest BCUT2D eigenvalue weighted by atomic mass is 16.2. The minimum atomic E-state index is 0.322. The fourth-order valence-electron chi connectivity index (χ4n) is 8.77. The number of piperazine rings is 3. The molecule has 0 aliphatic carbocycles. The molecule has 5 saturated heterocycles. The summed E-state index contributed by atoms with van der Waals surface area (Å²) in [6.45, 7) is 18.1. The van der Waals surface area contributed by atoms with E-state index in [4.69, 9.17) is 0 Å². The van der Waals surface area contributed by atoms with Crippen molar-refractivity contribution < 1.29 is 18.6 Å². The topological polar surface area (TPSA) is 47.1 Å². The highest BCUT2D eigenvalue weighted by Crippen LogP contribution is 2.29. The number of nitrogens with zero attached hydrogens (tertiary/aromatic N) is 6. The van der Waals surface area contributed by atoms with Crippen LogP contribution >= 0.6 is 0 Å². The number of carbonyl (C=O) groups excluding carboxylic acids is 2. The van der Waals surface area contributed by atoms with E-state index in [1.165, 1.54) is 46.3 Å². The van der Waals surface area contributed by atoms with Crippen molar-refractivity contribution in [2.24, 2.45) is 0 Å². The number of carbonyl (C=O) groups is 2. The maximum atomic E-state index is 13.2. The second-order valence-electron chi connectivity index (χ2n) is 14.5.